The summed E-state index contributed by atoms with van der Waals surface area (Å²) in [6.45, 7) is 3.93. The second kappa shape index (κ2) is 10.3. The zero-order valence-electron chi connectivity index (χ0n) is 18.5. The molecule has 1 N–H and O–H groups in total. The number of nitrogens with zero attached hydrogens (tertiary/aromatic N) is 2. The maximum absolute atomic E-state index is 12.6. The molecule has 0 aliphatic carbocycles. The maximum Gasteiger partial charge on any atom is 0.224 e. The first kappa shape index (κ1) is 22.6. The molecule has 0 aliphatic heterocycles. The minimum absolute atomic E-state index is 0.0569. The van der Waals surface area contributed by atoms with Crippen LogP contribution in [-0.4, -0.2) is 36.4 Å². The molecule has 1 heterocycles. The van der Waals surface area contributed by atoms with E-state index in [0.717, 1.165) is 50.4 Å². The maximum atomic E-state index is 12.6. The van der Waals surface area contributed by atoms with Crippen molar-refractivity contribution >= 4 is 23.4 Å². The monoisotopic (exact) mass is 437 g/mol. The van der Waals surface area contributed by atoms with Crippen molar-refractivity contribution in [3.63, 3.8) is 0 Å². The highest BCUT2D eigenvalue weighted by Gasteiger charge is 2.13. The molecule has 0 saturated heterocycles. The Morgan fingerprint density at radius 2 is 1.68 bits per heavy atom. The Hall–Kier alpha value is -3.06. The average Bonchev–Trinajstić information content (AvgIpc) is 2.78. The van der Waals surface area contributed by atoms with Crippen molar-refractivity contribution in [1.82, 2.24) is 9.97 Å². The summed E-state index contributed by atoms with van der Waals surface area (Å²) in [4.78, 5) is 21.6. The fraction of sp³-hybridized carbons (Fsp3) is 0.292. The number of carbonyl (C=O) groups is 1. The second-order valence-corrected chi connectivity index (χ2v) is 7.82. The van der Waals surface area contributed by atoms with E-state index in [1.807, 2.05) is 62.6 Å². The highest BCUT2D eigenvalue weighted by atomic mass is 32.2. The number of benzene rings is 2. The van der Waals surface area contributed by atoms with Gasteiger partial charge in [-0.15, -0.1) is 0 Å². The highest BCUT2D eigenvalue weighted by Crippen LogP contribution is 2.33. The lowest BCUT2D eigenvalue weighted by Crippen LogP contribution is -2.14. The Labute approximate surface area is 187 Å². The van der Waals surface area contributed by atoms with E-state index in [4.69, 9.17) is 9.47 Å². The van der Waals surface area contributed by atoms with Gasteiger partial charge in [-0.3, -0.25) is 4.79 Å². The molecule has 0 radical (unpaired) electrons. The van der Waals surface area contributed by atoms with Crippen LogP contribution in [0.5, 0.6) is 11.5 Å². The van der Waals surface area contributed by atoms with Crippen LogP contribution in [0.15, 0.2) is 47.6 Å². The van der Waals surface area contributed by atoms with Gasteiger partial charge in [0, 0.05) is 29.1 Å². The lowest BCUT2D eigenvalue weighted by molar-refractivity contribution is -0.116. The standard InChI is InChI=1S/C24H27N3O3S/c1-15-20(16(2)26-24(25-15)31-5)11-13-23(28)27-18-8-12-22(30-4)21(14-18)17-6-9-19(29-3)10-7-17/h6-10,12,14H,11,13H2,1-5H3,(H,27,28). The Balaban J connectivity index is 1.73. The first-order valence-corrected chi connectivity index (χ1v) is 11.2. The Bertz CT molecular complexity index is 1050. The van der Waals surface area contributed by atoms with Crippen LogP contribution in [-0.2, 0) is 11.2 Å². The lowest BCUT2D eigenvalue weighted by Gasteiger charge is -2.13. The van der Waals surface area contributed by atoms with Gasteiger partial charge in [0.25, 0.3) is 0 Å². The van der Waals surface area contributed by atoms with Crippen LogP contribution in [0.25, 0.3) is 11.1 Å². The number of aryl methyl sites for hydroxylation is 2. The van der Waals surface area contributed by atoms with Gasteiger partial charge in [0.2, 0.25) is 5.91 Å². The van der Waals surface area contributed by atoms with Crippen LogP contribution in [0.4, 0.5) is 5.69 Å². The summed E-state index contributed by atoms with van der Waals surface area (Å²) in [6.07, 6.45) is 2.91. The molecular formula is C24H27N3O3S. The largest absolute Gasteiger partial charge is 0.497 e. The van der Waals surface area contributed by atoms with Gasteiger partial charge < -0.3 is 14.8 Å². The third kappa shape index (κ3) is 5.55. The van der Waals surface area contributed by atoms with Crippen LogP contribution in [0.1, 0.15) is 23.4 Å². The number of anilines is 1. The Kier molecular flexibility index (Phi) is 7.52. The lowest BCUT2D eigenvalue weighted by atomic mass is 10.0. The van der Waals surface area contributed by atoms with E-state index >= 15 is 0 Å². The van der Waals surface area contributed by atoms with E-state index in [-0.39, 0.29) is 5.91 Å². The van der Waals surface area contributed by atoms with E-state index in [0.29, 0.717) is 12.8 Å². The van der Waals surface area contributed by atoms with Gasteiger partial charge in [0.1, 0.15) is 11.5 Å². The van der Waals surface area contributed by atoms with Crippen molar-refractivity contribution < 1.29 is 14.3 Å². The van der Waals surface area contributed by atoms with Crippen molar-refractivity contribution in [1.29, 1.82) is 0 Å². The molecule has 31 heavy (non-hydrogen) atoms. The molecule has 1 amide bonds. The molecule has 0 saturated carbocycles. The highest BCUT2D eigenvalue weighted by molar-refractivity contribution is 7.98. The average molecular weight is 438 g/mol. The van der Waals surface area contributed by atoms with Crippen LogP contribution >= 0.6 is 11.8 Å². The molecular weight excluding hydrogens is 410 g/mol. The molecule has 7 heteroatoms. The SMILES string of the molecule is COc1ccc(-c2cc(NC(=O)CCc3c(C)nc(SC)nc3C)ccc2OC)cc1. The molecule has 0 unspecified atom stereocenters. The summed E-state index contributed by atoms with van der Waals surface area (Å²) in [5.74, 6) is 1.46. The van der Waals surface area contributed by atoms with E-state index in [9.17, 15) is 4.79 Å². The molecule has 6 nitrogen and oxygen atoms in total. The number of rotatable bonds is 8. The van der Waals surface area contributed by atoms with Gasteiger partial charge in [-0.1, -0.05) is 23.9 Å². The van der Waals surface area contributed by atoms with Crippen LogP contribution in [0.3, 0.4) is 0 Å². The number of thioether (sulfide) groups is 1. The number of aromatic nitrogens is 2. The van der Waals surface area contributed by atoms with Crippen LogP contribution < -0.4 is 14.8 Å². The summed E-state index contributed by atoms with van der Waals surface area (Å²) in [6, 6.07) is 13.4. The van der Waals surface area contributed by atoms with Gasteiger partial charge in [-0.25, -0.2) is 9.97 Å². The smallest absolute Gasteiger partial charge is 0.224 e. The van der Waals surface area contributed by atoms with Gasteiger partial charge in [0.05, 0.1) is 14.2 Å². The summed E-state index contributed by atoms with van der Waals surface area (Å²) < 4.78 is 10.7. The van der Waals surface area contributed by atoms with E-state index < -0.39 is 0 Å². The number of nitrogens with one attached hydrogen (secondary N) is 1. The van der Waals surface area contributed by atoms with E-state index in [1.165, 1.54) is 11.8 Å². The normalized spacial score (nSPS) is 10.6. The van der Waals surface area contributed by atoms with Crippen LogP contribution in [0.2, 0.25) is 0 Å². The topological polar surface area (TPSA) is 73.3 Å². The predicted octanol–water partition coefficient (Wildman–Crippen LogP) is 5.07. The molecule has 0 fully saturated rings. The van der Waals surface area contributed by atoms with Gasteiger partial charge in [-0.05, 0) is 68.0 Å². The molecule has 0 aliphatic rings. The molecule has 0 spiro atoms. The summed E-state index contributed by atoms with van der Waals surface area (Å²) >= 11 is 1.52. The number of carbonyl (C=O) groups excluding carboxylic acids is 1. The Morgan fingerprint density at radius 1 is 1.00 bits per heavy atom. The molecule has 3 aromatic rings. The quantitative estimate of drug-likeness (QED) is 0.392. The molecule has 1 aromatic heterocycles. The fourth-order valence-corrected chi connectivity index (χ4v) is 3.86. The Morgan fingerprint density at radius 3 is 2.26 bits per heavy atom. The number of hydrogen-bond donors (Lipinski definition) is 1. The summed E-state index contributed by atoms with van der Waals surface area (Å²) in [5.41, 5.74) is 5.48. The molecule has 162 valence electrons. The van der Waals surface area contributed by atoms with Crippen molar-refractivity contribution in [2.45, 2.75) is 31.8 Å². The number of hydrogen-bond acceptors (Lipinski definition) is 6. The van der Waals surface area contributed by atoms with Crippen molar-refractivity contribution in [2.75, 3.05) is 25.8 Å². The molecule has 0 atom stereocenters. The third-order valence-corrected chi connectivity index (χ3v) is 5.62. The first-order chi connectivity index (χ1) is 14.9. The van der Waals surface area contributed by atoms with Gasteiger partial charge >= 0.3 is 0 Å². The first-order valence-electron chi connectivity index (χ1n) is 9.95. The fourth-order valence-electron chi connectivity index (χ4n) is 3.41. The van der Waals surface area contributed by atoms with Gasteiger partial charge in [-0.2, -0.15) is 0 Å². The van der Waals surface area contributed by atoms with E-state index in [1.54, 1.807) is 14.2 Å². The third-order valence-electron chi connectivity index (χ3n) is 5.07. The second-order valence-electron chi connectivity index (χ2n) is 7.05. The summed E-state index contributed by atoms with van der Waals surface area (Å²) in [5, 5.41) is 3.75. The van der Waals surface area contributed by atoms with Crippen molar-refractivity contribution in [3.8, 4) is 22.6 Å². The predicted molar refractivity (Wildman–Crippen MR) is 125 cm³/mol. The summed E-state index contributed by atoms with van der Waals surface area (Å²) in [7, 11) is 3.27. The van der Waals surface area contributed by atoms with Crippen molar-refractivity contribution in [3.05, 3.63) is 59.4 Å². The number of amides is 1. The van der Waals surface area contributed by atoms with E-state index in [2.05, 4.69) is 15.3 Å². The zero-order valence-corrected chi connectivity index (χ0v) is 19.3. The van der Waals surface area contributed by atoms with Crippen molar-refractivity contribution in [2.24, 2.45) is 0 Å². The van der Waals surface area contributed by atoms with Crippen LogP contribution in [0, 0.1) is 13.8 Å². The number of methoxy groups -OCH3 is 2. The minimum Gasteiger partial charge on any atom is -0.497 e. The minimum atomic E-state index is -0.0569. The zero-order chi connectivity index (χ0) is 22.4. The molecule has 2 aromatic carbocycles. The molecule has 3 rings (SSSR count). The van der Waals surface area contributed by atoms with Gasteiger partial charge in [0.15, 0.2) is 5.16 Å². The number of ether oxygens (including phenoxy) is 2. The molecule has 0 bridgehead atoms.